The van der Waals surface area contributed by atoms with Gasteiger partial charge in [0.1, 0.15) is 11.6 Å². The molecule has 7 nitrogen and oxygen atoms in total. The molecule has 3 heterocycles. The average Bonchev–Trinajstić information content (AvgIpc) is 3.64. The zero-order chi connectivity index (χ0) is 25.9. The number of amides is 1. The lowest BCUT2D eigenvalue weighted by molar-refractivity contribution is -0.141. The molecule has 1 aliphatic heterocycles. The molecule has 2 aromatic heterocycles. The van der Waals surface area contributed by atoms with Gasteiger partial charge in [0.05, 0.1) is 28.9 Å². The molecule has 2 aromatic carbocycles. The van der Waals surface area contributed by atoms with E-state index in [4.69, 9.17) is 0 Å². The van der Waals surface area contributed by atoms with Gasteiger partial charge in [-0.15, -0.1) is 0 Å². The highest BCUT2D eigenvalue weighted by Gasteiger charge is 2.44. The summed E-state index contributed by atoms with van der Waals surface area (Å²) in [6, 6.07) is 11.1. The van der Waals surface area contributed by atoms with E-state index in [1.807, 2.05) is 0 Å². The number of fused-ring (bicyclic) bond motifs is 2. The van der Waals surface area contributed by atoms with Crippen molar-refractivity contribution in [1.29, 1.82) is 0 Å². The van der Waals surface area contributed by atoms with Gasteiger partial charge >= 0.3 is 6.18 Å². The SMILES string of the molecule is O=C(c1cc(Cc2n[nH]c(=O)c3ccccc23)ccc1F)N1CCn2c(nc(C(F)(F)F)c2C2CC2)C1. The fourth-order valence-corrected chi connectivity index (χ4v) is 5.02. The lowest BCUT2D eigenvalue weighted by Gasteiger charge is -2.29. The molecule has 190 valence electrons. The van der Waals surface area contributed by atoms with Crippen LogP contribution in [0.5, 0.6) is 0 Å². The molecule has 0 spiro atoms. The minimum atomic E-state index is -4.57. The maximum Gasteiger partial charge on any atom is 0.435 e. The monoisotopic (exact) mass is 511 g/mol. The Bertz CT molecular complexity index is 1600. The second kappa shape index (κ2) is 8.53. The maximum absolute atomic E-state index is 14.8. The standard InChI is InChI=1S/C26H21F4N5O2/c27-19-8-5-14(12-20-16-3-1-2-4-17(16)24(36)33-32-20)11-18(19)25(37)34-9-10-35-21(13-34)31-23(26(28,29)30)22(35)15-6-7-15/h1-5,8,11,15H,6-7,9-10,12-13H2,(H,33,36). The van der Waals surface area contributed by atoms with Crippen LogP contribution >= 0.6 is 0 Å². The summed E-state index contributed by atoms with van der Waals surface area (Å²) in [4.78, 5) is 30.5. The van der Waals surface area contributed by atoms with Crippen LogP contribution in [0.2, 0.25) is 0 Å². The van der Waals surface area contributed by atoms with Gasteiger partial charge in [-0.2, -0.15) is 18.3 Å². The topological polar surface area (TPSA) is 83.9 Å². The number of carbonyl (C=O) groups excluding carboxylic acids is 1. The van der Waals surface area contributed by atoms with Crippen LogP contribution in [0.15, 0.2) is 47.3 Å². The van der Waals surface area contributed by atoms with E-state index in [9.17, 15) is 27.2 Å². The molecule has 1 saturated carbocycles. The van der Waals surface area contributed by atoms with Crippen molar-refractivity contribution in [1.82, 2.24) is 24.6 Å². The largest absolute Gasteiger partial charge is 0.435 e. The third kappa shape index (κ3) is 4.17. The molecule has 0 radical (unpaired) electrons. The Morgan fingerprint density at radius 1 is 1.08 bits per heavy atom. The van der Waals surface area contributed by atoms with Gasteiger partial charge in [-0.25, -0.2) is 14.5 Å². The van der Waals surface area contributed by atoms with E-state index in [0.29, 0.717) is 34.9 Å². The van der Waals surface area contributed by atoms with Crippen molar-refractivity contribution < 1.29 is 22.4 Å². The van der Waals surface area contributed by atoms with Crippen molar-refractivity contribution in [3.05, 3.63) is 92.7 Å². The van der Waals surface area contributed by atoms with E-state index < -0.39 is 23.6 Å². The molecule has 1 N–H and O–H groups in total. The van der Waals surface area contributed by atoms with E-state index in [1.54, 1.807) is 28.8 Å². The average molecular weight is 511 g/mol. The van der Waals surface area contributed by atoms with Gasteiger partial charge < -0.3 is 9.47 Å². The highest BCUT2D eigenvalue weighted by molar-refractivity contribution is 5.94. The molecular formula is C26H21F4N5O2. The van der Waals surface area contributed by atoms with Crippen LogP contribution in [0, 0.1) is 5.82 Å². The highest BCUT2D eigenvalue weighted by atomic mass is 19.4. The normalized spacial score (nSPS) is 15.7. The number of hydrogen-bond donors (Lipinski definition) is 1. The number of aromatic nitrogens is 4. The van der Waals surface area contributed by atoms with E-state index in [2.05, 4.69) is 15.2 Å². The molecule has 1 amide bonds. The molecule has 2 aliphatic rings. The van der Waals surface area contributed by atoms with Gasteiger partial charge in [-0.05, 0) is 36.6 Å². The number of nitrogens with one attached hydrogen (secondary N) is 1. The molecule has 1 aliphatic carbocycles. The molecule has 6 rings (SSSR count). The first kappa shape index (κ1) is 23.4. The van der Waals surface area contributed by atoms with E-state index >= 15 is 0 Å². The number of alkyl halides is 3. The lowest BCUT2D eigenvalue weighted by atomic mass is 10.0. The van der Waals surface area contributed by atoms with Crippen LogP contribution in [0.4, 0.5) is 17.6 Å². The van der Waals surface area contributed by atoms with E-state index in [0.717, 1.165) is 0 Å². The van der Waals surface area contributed by atoms with Gasteiger partial charge in [-0.3, -0.25) is 9.59 Å². The number of H-pyrrole nitrogens is 1. The summed E-state index contributed by atoms with van der Waals surface area (Å²) in [5.74, 6) is -1.34. The summed E-state index contributed by atoms with van der Waals surface area (Å²) >= 11 is 0. The van der Waals surface area contributed by atoms with Gasteiger partial charge in [0.25, 0.3) is 11.5 Å². The first-order valence-electron chi connectivity index (χ1n) is 11.9. The summed E-state index contributed by atoms with van der Waals surface area (Å²) in [6.45, 7) is 0.185. The fourth-order valence-electron chi connectivity index (χ4n) is 5.02. The van der Waals surface area contributed by atoms with Crippen molar-refractivity contribution in [2.75, 3.05) is 6.54 Å². The van der Waals surface area contributed by atoms with Gasteiger partial charge in [0.15, 0.2) is 5.69 Å². The smallest absolute Gasteiger partial charge is 0.329 e. The number of carbonyl (C=O) groups is 1. The molecule has 0 atom stereocenters. The van der Waals surface area contributed by atoms with Crippen molar-refractivity contribution in [2.45, 2.75) is 44.4 Å². The second-order valence-corrected chi connectivity index (χ2v) is 9.45. The quantitative estimate of drug-likeness (QED) is 0.412. The minimum Gasteiger partial charge on any atom is -0.329 e. The third-order valence-corrected chi connectivity index (χ3v) is 6.94. The Morgan fingerprint density at radius 2 is 1.84 bits per heavy atom. The lowest BCUT2D eigenvalue weighted by Crippen LogP contribution is -2.39. The van der Waals surface area contributed by atoms with Crippen LogP contribution in [0.1, 0.15) is 57.6 Å². The minimum absolute atomic E-state index is 0.135. The van der Waals surface area contributed by atoms with Crippen molar-refractivity contribution in [3.8, 4) is 0 Å². The molecule has 0 saturated heterocycles. The highest BCUT2D eigenvalue weighted by Crippen LogP contribution is 2.46. The summed E-state index contributed by atoms with van der Waals surface area (Å²) in [6.07, 6.45) is -2.96. The summed E-state index contributed by atoms with van der Waals surface area (Å²) < 4.78 is 57.2. The zero-order valence-corrected chi connectivity index (χ0v) is 19.5. The number of aromatic amines is 1. The number of hydrogen-bond acceptors (Lipinski definition) is 4. The Hall–Kier alpha value is -4.02. The first-order valence-corrected chi connectivity index (χ1v) is 11.9. The van der Waals surface area contributed by atoms with Gasteiger partial charge in [0.2, 0.25) is 0 Å². The molecular weight excluding hydrogens is 490 g/mol. The molecule has 4 aromatic rings. The van der Waals surface area contributed by atoms with Gasteiger partial charge in [-0.1, -0.05) is 24.3 Å². The van der Waals surface area contributed by atoms with Gasteiger partial charge in [0, 0.05) is 30.8 Å². The van der Waals surface area contributed by atoms with E-state index in [1.165, 1.54) is 23.1 Å². The van der Waals surface area contributed by atoms with Crippen LogP contribution < -0.4 is 5.56 Å². The van der Waals surface area contributed by atoms with Crippen LogP contribution in [0.25, 0.3) is 10.8 Å². The number of benzene rings is 2. The maximum atomic E-state index is 14.8. The number of nitrogens with zero attached hydrogens (tertiary/aromatic N) is 4. The molecule has 0 bridgehead atoms. The number of rotatable bonds is 4. The van der Waals surface area contributed by atoms with Crippen LogP contribution in [0.3, 0.4) is 0 Å². The van der Waals surface area contributed by atoms with Crippen molar-refractivity contribution in [3.63, 3.8) is 0 Å². The summed E-state index contributed by atoms with van der Waals surface area (Å²) in [7, 11) is 0. The first-order chi connectivity index (χ1) is 17.7. The molecule has 1 fully saturated rings. The second-order valence-electron chi connectivity index (χ2n) is 9.45. The fraction of sp³-hybridized carbons (Fsp3) is 0.308. The molecule has 0 unspecified atom stereocenters. The van der Waals surface area contributed by atoms with E-state index in [-0.39, 0.29) is 54.6 Å². The Kier molecular flexibility index (Phi) is 5.39. The molecule has 11 heteroatoms. The molecule has 37 heavy (non-hydrogen) atoms. The number of imidazole rings is 1. The number of halogens is 4. The van der Waals surface area contributed by atoms with Crippen molar-refractivity contribution >= 4 is 16.7 Å². The van der Waals surface area contributed by atoms with Crippen LogP contribution in [-0.4, -0.2) is 37.1 Å². The van der Waals surface area contributed by atoms with Crippen LogP contribution in [-0.2, 0) is 25.7 Å². The Balaban J connectivity index is 1.28. The summed E-state index contributed by atoms with van der Waals surface area (Å²) in [5.41, 5.74) is -0.0200. The zero-order valence-electron chi connectivity index (χ0n) is 19.5. The predicted octanol–water partition coefficient (Wildman–Crippen LogP) is 4.40. The Labute approximate surface area is 207 Å². The van der Waals surface area contributed by atoms with Crippen molar-refractivity contribution in [2.24, 2.45) is 0 Å². The predicted molar refractivity (Wildman–Crippen MR) is 126 cm³/mol. The third-order valence-electron chi connectivity index (χ3n) is 6.94. The summed E-state index contributed by atoms with van der Waals surface area (Å²) in [5, 5.41) is 7.71. The Morgan fingerprint density at radius 3 is 2.57 bits per heavy atom.